The zero-order valence-corrected chi connectivity index (χ0v) is 12.2. The quantitative estimate of drug-likeness (QED) is 0.819. The highest BCUT2D eigenvalue weighted by molar-refractivity contribution is 5.84. The SMILES string of the molecule is COCCCCN1C(=O)C(C)NC1c1ccc(F)c(F)c1. The standard InChI is InChI=1S/C15H20F2N2O2/c1-10-15(20)19(7-3-4-8-21-2)14(18-10)11-5-6-12(16)13(17)9-11/h5-6,9-10,14,18H,3-4,7-8H2,1-2H3. The molecule has 6 heteroatoms. The molecule has 2 unspecified atom stereocenters. The molecule has 1 heterocycles. The summed E-state index contributed by atoms with van der Waals surface area (Å²) >= 11 is 0. The van der Waals surface area contributed by atoms with Crippen molar-refractivity contribution in [2.24, 2.45) is 0 Å². The molecule has 0 aromatic heterocycles. The van der Waals surface area contributed by atoms with Gasteiger partial charge >= 0.3 is 0 Å². The zero-order chi connectivity index (χ0) is 15.4. The summed E-state index contributed by atoms with van der Waals surface area (Å²) in [6, 6.07) is 3.40. The fourth-order valence-electron chi connectivity index (χ4n) is 2.50. The molecule has 0 bridgehead atoms. The number of carbonyl (C=O) groups is 1. The molecule has 1 aliphatic rings. The molecule has 0 spiro atoms. The van der Waals surface area contributed by atoms with Gasteiger partial charge in [-0.3, -0.25) is 10.1 Å². The van der Waals surface area contributed by atoms with E-state index in [9.17, 15) is 13.6 Å². The Hall–Kier alpha value is -1.53. The van der Waals surface area contributed by atoms with Crippen molar-refractivity contribution in [3.05, 3.63) is 35.4 Å². The molecular weight excluding hydrogens is 278 g/mol. The number of benzene rings is 1. The van der Waals surface area contributed by atoms with Crippen LogP contribution in [0.15, 0.2) is 18.2 Å². The number of hydrogen-bond acceptors (Lipinski definition) is 3. The summed E-state index contributed by atoms with van der Waals surface area (Å²) in [7, 11) is 1.63. The molecule has 1 aromatic carbocycles. The Balaban J connectivity index is 2.11. The van der Waals surface area contributed by atoms with E-state index in [1.807, 2.05) is 0 Å². The van der Waals surface area contributed by atoms with Crippen LogP contribution >= 0.6 is 0 Å². The van der Waals surface area contributed by atoms with Gasteiger partial charge in [-0.15, -0.1) is 0 Å². The number of methoxy groups -OCH3 is 1. The number of nitrogens with one attached hydrogen (secondary N) is 1. The van der Waals surface area contributed by atoms with Gasteiger partial charge in [-0.1, -0.05) is 6.07 Å². The molecule has 1 amide bonds. The van der Waals surface area contributed by atoms with Crippen molar-refractivity contribution < 1.29 is 18.3 Å². The lowest BCUT2D eigenvalue weighted by molar-refractivity contribution is -0.129. The molecule has 0 aliphatic carbocycles. The van der Waals surface area contributed by atoms with Gasteiger partial charge in [0.25, 0.3) is 0 Å². The fourth-order valence-corrected chi connectivity index (χ4v) is 2.50. The fraction of sp³-hybridized carbons (Fsp3) is 0.533. The maximum atomic E-state index is 13.4. The van der Waals surface area contributed by atoms with E-state index in [1.54, 1.807) is 18.9 Å². The normalized spacial score (nSPS) is 22.1. The third-order valence-corrected chi connectivity index (χ3v) is 3.63. The first-order valence-electron chi connectivity index (χ1n) is 7.05. The van der Waals surface area contributed by atoms with E-state index in [1.165, 1.54) is 6.07 Å². The van der Waals surface area contributed by atoms with E-state index in [0.717, 1.165) is 25.0 Å². The molecule has 1 N–H and O–H groups in total. The van der Waals surface area contributed by atoms with Gasteiger partial charge in [0.2, 0.25) is 5.91 Å². The number of hydrogen-bond donors (Lipinski definition) is 1. The number of amides is 1. The Bertz CT molecular complexity index is 510. The molecule has 0 radical (unpaired) electrons. The Morgan fingerprint density at radius 1 is 1.29 bits per heavy atom. The number of unbranched alkanes of at least 4 members (excludes halogenated alkanes) is 1. The van der Waals surface area contributed by atoms with Crippen LogP contribution in [0.2, 0.25) is 0 Å². The molecule has 21 heavy (non-hydrogen) atoms. The van der Waals surface area contributed by atoms with Crippen molar-refractivity contribution in [2.45, 2.75) is 32.0 Å². The molecular formula is C15H20F2N2O2. The topological polar surface area (TPSA) is 41.6 Å². The van der Waals surface area contributed by atoms with Gasteiger partial charge in [-0.25, -0.2) is 8.78 Å². The van der Waals surface area contributed by atoms with Crippen molar-refractivity contribution in [3.8, 4) is 0 Å². The molecule has 1 aliphatic heterocycles. The number of carbonyl (C=O) groups excluding carboxylic acids is 1. The Labute approximate surface area is 123 Å². The van der Waals surface area contributed by atoms with Crippen molar-refractivity contribution in [1.29, 1.82) is 0 Å². The Kier molecular flexibility index (Phi) is 5.25. The van der Waals surface area contributed by atoms with Crippen LogP contribution in [-0.2, 0) is 9.53 Å². The number of ether oxygens (including phenoxy) is 1. The summed E-state index contributed by atoms with van der Waals surface area (Å²) < 4.78 is 31.4. The summed E-state index contributed by atoms with van der Waals surface area (Å²) in [4.78, 5) is 13.8. The molecule has 2 rings (SSSR count). The van der Waals surface area contributed by atoms with Crippen LogP contribution in [0.4, 0.5) is 8.78 Å². The van der Waals surface area contributed by atoms with Crippen molar-refractivity contribution in [1.82, 2.24) is 10.2 Å². The van der Waals surface area contributed by atoms with Crippen molar-refractivity contribution in [2.75, 3.05) is 20.3 Å². The van der Waals surface area contributed by atoms with Crippen molar-refractivity contribution in [3.63, 3.8) is 0 Å². The minimum absolute atomic E-state index is 0.0258. The first-order chi connectivity index (χ1) is 10.0. The van der Waals surface area contributed by atoms with E-state index in [2.05, 4.69) is 5.32 Å². The second-order valence-electron chi connectivity index (χ2n) is 5.20. The summed E-state index contributed by atoms with van der Waals surface area (Å²) in [6.07, 6.45) is 1.23. The van der Waals surface area contributed by atoms with Crippen LogP contribution in [0.25, 0.3) is 0 Å². The third kappa shape index (κ3) is 3.57. The Morgan fingerprint density at radius 3 is 2.71 bits per heavy atom. The van der Waals surface area contributed by atoms with Crippen LogP contribution in [0.5, 0.6) is 0 Å². The predicted octanol–water partition coefficient (Wildman–Crippen LogP) is 2.21. The van der Waals surface area contributed by atoms with Gasteiger partial charge in [0.1, 0.15) is 6.17 Å². The lowest BCUT2D eigenvalue weighted by Crippen LogP contribution is -2.31. The maximum absolute atomic E-state index is 13.4. The summed E-state index contributed by atoms with van der Waals surface area (Å²) in [5, 5.41) is 3.11. The van der Waals surface area contributed by atoms with Crippen LogP contribution < -0.4 is 5.32 Å². The summed E-state index contributed by atoms with van der Waals surface area (Å²) in [6.45, 7) is 2.97. The minimum atomic E-state index is -0.902. The zero-order valence-electron chi connectivity index (χ0n) is 12.2. The summed E-state index contributed by atoms with van der Waals surface area (Å²) in [5.74, 6) is -1.81. The minimum Gasteiger partial charge on any atom is -0.385 e. The predicted molar refractivity (Wildman–Crippen MR) is 74.5 cm³/mol. The molecule has 4 nitrogen and oxygen atoms in total. The van der Waals surface area contributed by atoms with E-state index in [0.29, 0.717) is 18.7 Å². The largest absolute Gasteiger partial charge is 0.385 e. The Morgan fingerprint density at radius 2 is 2.05 bits per heavy atom. The molecule has 2 atom stereocenters. The van der Waals surface area contributed by atoms with E-state index in [-0.39, 0.29) is 11.9 Å². The molecule has 116 valence electrons. The van der Waals surface area contributed by atoms with Crippen LogP contribution in [-0.4, -0.2) is 37.1 Å². The highest BCUT2D eigenvalue weighted by atomic mass is 19.2. The van der Waals surface area contributed by atoms with E-state index in [4.69, 9.17) is 4.74 Å². The van der Waals surface area contributed by atoms with Gasteiger partial charge in [0, 0.05) is 20.3 Å². The molecule has 0 saturated carbocycles. The summed E-state index contributed by atoms with van der Waals surface area (Å²) in [5.41, 5.74) is 0.554. The lowest BCUT2D eigenvalue weighted by Gasteiger charge is -2.24. The first-order valence-corrected chi connectivity index (χ1v) is 7.05. The number of rotatable bonds is 6. The highest BCUT2D eigenvalue weighted by Crippen LogP contribution is 2.26. The first kappa shape index (κ1) is 15.9. The van der Waals surface area contributed by atoms with Crippen LogP contribution in [0.1, 0.15) is 31.5 Å². The number of halogens is 2. The molecule has 1 aromatic rings. The maximum Gasteiger partial charge on any atom is 0.241 e. The van der Waals surface area contributed by atoms with Crippen LogP contribution in [0.3, 0.4) is 0 Å². The van der Waals surface area contributed by atoms with E-state index >= 15 is 0 Å². The van der Waals surface area contributed by atoms with Gasteiger partial charge < -0.3 is 9.64 Å². The number of nitrogens with zero attached hydrogens (tertiary/aromatic N) is 1. The van der Waals surface area contributed by atoms with Gasteiger partial charge in [0.15, 0.2) is 11.6 Å². The average molecular weight is 298 g/mol. The average Bonchev–Trinajstić information content (AvgIpc) is 2.74. The monoisotopic (exact) mass is 298 g/mol. The van der Waals surface area contributed by atoms with Crippen molar-refractivity contribution >= 4 is 5.91 Å². The highest BCUT2D eigenvalue weighted by Gasteiger charge is 2.36. The van der Waals surface area contributed by atoms with Gasteiger partial charge in [-0.05, 0) is 37.5 Å². The third-order valence-electron chi connectivity index (χ3n) is 3.63. The van der Waals surface area contributed by atoms with Gasteiger partial charge in [0.05, 0.1) is 6.04 Å². The lowest BCUT2D eigenvalue weighted by atomic mass is 10.1. The smallest absolute Gasteiger partial charge is 0.241 e. The second kappa shape index (κ2) is 6.95. The van der Waals surface area contributed by atoms with Gasteiger partial charge in [-0.2, -0.15) is 0 Å². The second-order valence-corrected chi connectivity index (χ2v) is 5.20. The van der Waals surface area contributed by atoms with Crippen LogP contribution in [0, 0.1) is 11.6 Å². The molecule has 1 saturated heterocycles. The molecule has 1 fully saturated rings. The van der Waals surface area contributed by atoms with E-state index < -0.39 is 17.8 Å².